The summed E-state index contributed by atoms with van der Waals surface area (Å²) in [7, 11) is 0. The van der Waals surface area contributed by atoms with Crippen LogP contribution in [-0.2, 0) is 4.74 Å². The maximum Gasteiger partial charge on any atom is 0.516 e. The van der Waals surface area contributed by atoms with Gasteiger partial charge in [-0.25, -0.2) is 9.59 Å². The molecule has 0 aliphatic carbocycles. The largest absolute Gasteiger partial charge is 0.516 e. The molecule has 8 heavy (non-hydrogen) atoms. The predicted molar refractivity (Wildman–Crippen MR) is 20.4 cm³/mol. The van der Waals surface area contributed by atoms with E-state index in [9.17, 15) is 9.59 Å². The molecule has 0 atom stereocenters. The van der Waals surface area contributed by atoms with Gasteiger partial charge in [0.2, 0.25) is 0 Å². The van der Waals surface area contributed by atoms with Crippen LogP contribution in [0.2, 0.25) is 0 Å². The highest BCUT2D eigenvalue weighted by Gasteiger charge is 2.01. The third kappa shape index (κ3) is 8.83. The van der Waals surface area contributed by atoms with E-state index in [0.717, 1.165) is 0 Å². The second kappa shape index (κ2) is 3.91. The lowest BCUT2D eigenvalue weighted by atomic mass is 11.3. The van der Waals surface area contributed by atoms with Crippen LogP contribution in [0.5, 0.6) is 0 Å². The van der Waals surface area contributed by atoms with E-state index in [-0.39, 0.29) is 7.43 Å². The van der Waals surface area contributed by atoms with Gasteiger partial charge < -0.3 is 14.9 Å². The zero-order valence-corrected chi connectivity index (χ0v) is 3.62. The molecule has 0 fully saturated rings. The molecular formula is C3H2O5. The van der Waals surface area contributed by atoms with Gasteiger partial charge in [-0.05, 0) is 0 Å². The summed E-state index contributed by atoms with van der Waals surface area (Å²) >= 11 is 0. The Morgan fingerprint density at radius 3 is 1.38 bits per heavy atom. The highest BCUT2D eigenvalue weighted by Crippen LogP contribution is 1.73. The molecule has 0 aliphatic rings. The maximum atomic E-state index is 9.21. The molecular weight excluding hydrogens is 116 g/mol. The van der Waals surface area contributed by atoms with E-state index in [2.05, 4.69) is 4.74 Å². The molecule has 44 valence electrons. The molecule has 0 aromatic heterocycles. The fourth-order valence-corrected chi connectivity index (χ4v) is 0.0747. The van der Waals surface area contributed by atoms with Crippen molar-refractivity contribution in [2.24, 2.45) is 0 Å². The van der Waals surface area contributed by atoms with Crippen molar-refractivity contribution in [2.45, 2.75) is 0 Å². The van der Waals surface area contributed by atoms with E-state index >= 15 is 0 Å². The van der Waals surface area contributed by atoms with E-state index in [1.807, 2.05) is 0 Å². The Kier molecular flexibility index (Phi) is 4.84. The van der Waals surface area contributed by atoms with E-state index in [1.54, 1.807) is 0 Å². The van der Waals surface area contributed by atoms with Crippen LogP contribution in [0.25, 0.3) is 0 Å². The van der Waals surface area contributed by atoms with E-state index in [1.165, 1.54) is 0 Å². The van der Waals surface area contributed by atoms with Crippen LogP contribution in [0.3, 0.4) is 0 Å². The number of hydrogen-bond acceptors (Lipinski definition) is 3. The molecule has 0 saturated carbocycles. The lowest BCUT2D eigenvalue weighted by molar-refractivity contribution is 0.0802. The van der Waals surface area contributed by atoms with Gasteiger partial charge in [0.1, 0.15) is 0 Å². The van der Waals surface area contributed by atoms with E-state index in [4.69, 9.17) is 10.2 Å². The van der Waals surface area contributed by atoms with Crippen LogP contribution in [0.4, 0.5) is 9.59 Å². The van der Waals surface area contributed by atoms with Gasteiger partial charge in [0.25, 0.3) is 0 Å². The van der Waals surface area contributed by atoms with Crippen molar-refractivity contribution in [1.82, 2.24) is 0 Å². The Balaban J connectivity index is 0. The highest BCUT2D eigenvalue weighted by molar-refractivity contribution is 5.74. The van der Waals surface area contributed by atoms with E-state index < -0.39 is 12.3 Å². The maximum absolute atomic E-state index is 9.21. The quantitative estimate of drug-likeness (QED) is 0.356. The van der Waals surface area contributed by atoms with Crippen molar-refractivity contribution >= 4 is 12.3 Å². The van der Waals surface area contributed by atoms with Gasteiger partial charge in [-0.1, -0.05) is 0 Å². The second-order valence-electron chi connectivity index (χ2n) is 0.634. The summed E-state index contributed by atoms with van der Waals surface area (Å²) in [6, 6.07) is 0. The van der Waals surface area contributed by atoms with Gasteiger partial charge in [-0.3, -0.25) is 0 Å². The topological polar surface area (TPSA) is 83.8 Å². The number of carbonyl (C=O) groups is 2. The molecule has 0 rings (SSSR count). The molecule has 0 bridgehead atoms. The molecule has 4 radical (unpaired) electrons. The molecule has 0 unspecified atom stereocenters. The van der Waals surface area contributed by atoms with Crippen LogP contribution in [0.15, 0.2) is 0 Å². The summed E-state index contributed by atoms with van der Waals surface area (Å²) in [6.45, 7) is 0. The zero-order valence-electron chi connectivity index (χ0n) is 3.62. The van der Waals surface area contributed by atoms with Crippen LogP contribution in [0.1, 0.15) is 0 Å². The lowest BCUT2D eigenvalue weighted by Gasteiger charge is -1.84. The molecule has 0 spiro atoms. The van der Waals surface area contributed by atoms with Gasteiger partial charge in [-0.2, -0.15) is 0 Å². The Morgan fingerprint density at radius 2 is 1.38 bits per heavy atom. The second-order valence-corrected chi connectivity index (χ2v) is 0.634. The molecule has 0 amide bonds. The molecule has 0 aromatic carbocycles. The molecule has 0 aliphatic heterocycles. The number of rotatable bonds is 0. The van der Waals surface area contributed by atoms with Crippen molar-refractivity contribution in [3.63, 3.8) is 0 Å². The van der Waals surface area contributed by atoms with Gasteiger partial charge in [0, 0.05) is 7.43 Å². The van der Waals surface area contributed by atoms with Crippen molar-refractivity contribution in [3.8, 4) is 0 Å². The van der Waals surface area contributed by atoms with E-state index in [0.29, 0.717) is 0 Å². The van der Waals surface area contributed by atoms with Crippen molar-refractivity contribution < 1.29 is 24.5 Å². The lowest BCUT2D eigenvalue weighted by Crippen LogP contribution is -2.05. The van der Waals surface area contributed by atoms with Gasteiger partial charge in [0.15, 0.2) is 0 Å². The van der Waals surface area contributed by atoms with Gasteiger partial charge >= 0.3 is 12.3 Å². The summed E-state index contributed by atoms with van der Waals surface area (Å²) < 4.78 is 3.08. The van der Waals surface area contributed by atoms with Crippen molar-refractivity contribution in [1.29, 1.82) is 0 Å². The summed E-state index contributed by atoms with van der Waals surface area (Å²) in [5.41, 5.74) is 0. The van der Waals surface area contributed by atoms with Crippen LogP contribution in [0, 0.1) is 7.43 Å². The predicted octanol–water partition coefficient (Wildman–Crippen LogP) is 0.440. The first-order chi connectivity index (χ1) is 3.13. The third-order valence-electron chi connectivity index (χ3n) is 0.175. The van der Waals surface area contributed by atoms with Crippen molar-refractivity contribution in [3.05, 3.63) is 7.43 Å². The SMILES string of the molecule is O=C(O)OC(=O)O.[C]. The molecule has 0 aromatic rings. The standard InChI is InChI=1S/C2H2O5.C/c3-1(4)7-2(5)6;/h(H,3,4)(H,5,6);. The van der Waals surface area contributed by atoms with Gasteiger partial charge in [-0.15, -0.1) is 0 Å². The fourth-order valence-electron chi connectivity index (χ4n) is 0.0747. The average Bonchev–Trinajstić information content (AvgIpc) is 1.27. The zero-order chi connectivity index (χ0) is 5.86. The highest BCUT2D eigenvalue weighted by atomic mass is 16.7. The summed E-state index contributed by atoms with van der Waals surface area (Å²) in [5.74, 6) is 0. The molecule has 0 heterocycles. The Morgan fingerprint density at radius 1 is 1.12 bits per heavy atom. The van der Waals surface area contributed by atoms with Gasteiger partial charge in [0.05, 0.1) is 0 Å². The molecule has 0 saturated heterocycles. The minimum atomic E-state index is -1.81. The monoisotopic (exact) mass is 118 g/mol. The first kappa shape index (κ1) is 9.88. The molecule has 2 N–H and O–H groups in total. The third-order valence-corrected chi connectivity index (χ3v) is 0.175. The van der Waals surface area contributed by atoms with Crippen molar-refractivity contribution in [2.75, 3.05) is 0 Å². The Labute approximate surface area is 45.5 Å². The minimum absolute atomic E-state index is 0. The first-order valence-electron chi connectivity index (χ1n) is 1.26. The average molecular weight is 118 g/mol. The number of hydrogen-bond donors (Lipinski definition) is 2. The Bertz CT molecular complexity index is 83.8. The van der Waals surface area contributed by atoms with Crippen LogP contribution < -0.4 is 0 Å². The molecule has 5 heteroatoms. The Hall–Kier alpha value is -1.26. The summed E-state index contributed by atoms with van der Waals surface area (Å²) in [6.07, 6.45) is -3.62. The number of ether oxygens (including phenoxy) is 1. The summed E-state index contributed by atoms with van der Waals surface area (Å²) in [5, 5.41) is 15.0. The first-order valence-corrected chi connectivity index (χ1v) is 1.26. The minimum Gasteiger partial charge on any atom is -0.449 e. The molecule has 5 nitrogen and oxygen atoms in total. The smallest absolute Gasteiger partial charge is 0.449 e. The normalized spacial score (nSPS) is 6.50. The summed E-state index contributed by atoms with van der Waals surface area (Å²) in [4.78, 5) is 18.4. The van der Waals surface area contributed by atoms with Crippen LogP contribution >= 0.6 is 0 Å². The van der Waals surface area contributed by atoms with Crippen LogP contribution in [-0.4, -0.2) is 22.5 Å². The fraction of sp³-hybridized carbons (Fsp3) is 0. The number of carboxylic acid groups (broad SMARTS) is 2.